The highest BCUT2D eigenvalue weighted by Crippen LogP contribution is 2.39. The van der Waals surface area contributed by atoms with Crippen LogP contribution < -0.4 is 29.0 Å². The number of amides is 1. The van der Waals surface area contributed by atoms with Gasteiger partial charge in [0.1, 0.15) is 11.5 Å². The molecule has 2 rings (SSSR count). The lowest BCUT2D eigenvalue weighted by atomic mass is 10.1. The lowest BCUT2D eigenvalue weighted by molar-refractivity contribution is 0.102. The van der Waals surface area contributed by atoms with Crippen molar-refractivity contribution in [3.8, 4) is 28.7 Å². The molecule has 152 valence electrons. The lowest BCUT2D eigenvalue weighted by Gasteiger charge is -2.17. The van der Waals surface area contributed by atoms with Gasteiger partial charge in [-0.2, -0.15) is 0 Å². The zero-order chi connectivity index (χ0) is 20.5. The van der Waals surface area contributed by atoms with E-state index in [0.717, 1.165) is 0 Å². The van der Waals surface area contributed by atoms with E-state index in [-0.39, 0.29) is 5.91 Å². The fraction of sp³-hybridized carbons (Fsp3) is 0.381. The van der Waals surface area contributed by atoms with Crippen molar-refractivity contribution >= 4 is 11.6 Å². The van der Waals surface area contributed by atoms with Gasteiger partial charge in [-0.3, -0.25) is 4.79 Å². The van der Waals surface area contributed by atoms with Gasteiger partial charge >= 0.3 is 0 Å². The molecule has 0 atom stereocenters. The van der Waals surface area contributed by atoms with E-state index in [4.69, 9.17) is 23.7 Å². The van der Waals surface area contributed by atoms with Gasteiger partial charge in [0.2, 0.25) is 5.75 Å². The van der Waals surface area contributed by atoms with Crippen molar-refractivity contribution in [3.05, 3.63) is 35.9 Å². The monoisotopic (exact) mass is 389 g/mol. The van der Waals surface area contributed by atoms with E-state index >= 15 is 0 Å². The Morgan fingerprint density at radius 2 is 1.43 bits per heavy atom. The van der Waals surface area contributed by atoms with Crippen LogP contribution in [-0.2, 0) is 0 Å². The maximum atomic E-state index is 12.9. The molecule has 0 bridgehead atoms. The molecule has 2 aromatic rings. The average Bonchev–Trinajstić information content (AvgIpc) is 2.70. The van der Waals surface area contributed by atoms with Crippen molar-refractivity contribution in [3.63, 3.8) is 0 Å². The predicted molar refractivity (Wildman–Crippen MR) is 107 cm³/mol. The lowest BCUT2D eigenvalue weighted by Crippen LogP contribution is -2.14. The Hall–Kier alpha value is -3.09. The van der Waals surface area contributed by atoms with Gasteiger partial charge in [0, 0.05) is 11.6 Å². The minimum absolute atomic E-state index is 0.326. The van der Waals surface area contributed by atoms with Crippen LogP contribution in [0.4, 0.5) is 5.69 Å². The number of benzene rings is 2. The molecular formula is C21H27NO6. The molecule has 2 aromatic carbocycles. The summed E-state index contributed by atoms with van der Waals surface area (Å²) in [7, 11) is 3.10. The molecule has 7 nitrogen and oxygen atoms in total. The molecule has 0 saturated carbocycles. The highest BCUT2D eigenvalue weighted by atomic mass is 16.5. The number of nitrogens with one attached hydrogen (secondary N) is 1. The Morgan fingerprint density at radius 1 is 0.821 bits per heavy atom. The topological polar surface area (TPSA) is 75.3 Å². The van der Waals surface area contributed by atoms with Gasteiger partial charge in [-0.15, -0.1) is 0 Å². The number of rotatable bonds is 10. The third-order valence-electron chi connectivity index (χ3n) is 3.83. The Morgan fingerprint density at radius 3 is 1.93 bits per heavy atom. The van der Waals surface area contributed by atoms with Gasteiger partial charge in [0.25, 0.3) is 5.91 Å². The van der Waals surface area contributed by atoms with E-state index in [0.29, 0.717) is 59.8 Å². The normalized spacial score (nSPS) is 10.2. The summed E-state index contributed by atoms with van der Waals surface area (Å²) in [5.74, 6) is 2.21. The predicted octanol–water partition coefficient (Wildman–Crippen LogP) is 4.15. The van der Waals surface area contributed by atoms with Crippen LogP contribution in [0.5, 0.6) is 28.7 Å². The van der Waals surface area contributed by atoms with Crippen LogP contribution >= 0.6 is 0 Å². The Kier molecular flexibility index (Phi) is 7.80. The van der Waals surface area contributed by atoms with E-state index in [2.05, 4.69) is 5.32 Å². The standard InChI is InChI=1S/C21H27NO6/c1-6-26-18-11-14(12-19(27-7-2)20(18)28-8-3)21(23)22-16-10-9-15(24-4)13-17(16)25-5/h9-13H,6-8H2,1-5H3,(H,22,23). The summed E-state index contributed by atoms with van der Waals surface area (Å²) in [6.07, 6.45) is 0. The summed E-state index contributed by atoms with van der Waals surface area (Å²) >= 11 is 0. The number of carbonyl (C=O) groups is 1. The van der Waals surface area contributed by atoms with E-state index in [1.54, 1.807) is 37.4 Å². The van der Waals surface area contributed by atoms with Crippen LogP contribution in [0.3, 0.4) is 0 Å². The Labute approximate surface area is 165 Å². The smallest absolute Gasteiger partial charge is 0.256 e. The van der Waals surface area contributed by atoms with E-state index in [1.807, 2.05) is 20.8 Å². The van der Waals surface area contributed by atoms with Gasteiger partial charge in [-0.05, 0) is 45.0 Å². The summed E-state index contributed by atoms with van der Waals surface area (Å²) in [4.78, 5) is 12.9. The molecule has 7 heteroatoms. The fourth-order valence-corrected chi connectivity index (χ4v) is 2.62. The van der Waals surface area contributed by atoms with Crippen molar-refractivity contribution in [1.82, 2.24) is 0 Å². The second-order valence-corrected chi connectivity index (χ2v) is 5.62. The van der Waals surface area contributed by atoms with Crippen molar-refractivity contribution in [2.75, 3.05) is 39.4 Å². The highest BCUT2D eigenvalue weighted by Gasteiger charge is 2.19. The van der Waals surface area contributed by atoms with Crippen molar-refractivity contribution < 1.29 is 28.5 Å². The van der Waals surface area contributed by atoms with Gasteiger partial charge < -0.3 is 29.0 Å². The molecule has 0 aliphatic rings. The molecule has 0 spiro atoms. The van der Waals surface area contributed by atoms with Gasteiger partial charge in [-0.1, -0.05) is 0 Å². The average molecular weight is 389 g/mol. The first-order valence-corrected chi connectivity index (χ1v) is 9.17. The molecule has 0 aromatic heterocycles. The summed E-state index contributed by atoms with van der Waals surface area (Å²) < 4.78 is 27.5. The summed E-state index contributed by atoms with van der Waals surface area (Å²) in [6.45, 7) is 6.93. The second-order valence-electron chi connectivity index (χ2n) is 5.62. The number of hydrogen-bond donors (Lipinski definition) is 1. The SMILES string of the molecule is CCOc1cc(C(=O)Nc2ccc(OC)cc2OC)cc(OCC)c1OCC. The Balaban J connectivity index is 2.39. The first-order valence-electron chi connectivity index (χ1n) is 9.17. The second kappa shape index (κ2) is 10.3. The number of hydrogen-bond acceptors (Lipinski definition) is 6. The molecule has 0 saturated heterocycles. The van der Waals surface area contributed by atoms with Crippen molar-refractivity contribution in [2.24, 2.45) is 0 Å². The molecule has 0 unspecified atom stereocenters. The third kappa shape index (κ3) is 5.00. The van der Waals surface area contributed by atoms with Crippen LogP contribution in [0.2, 0.25) is 0 Å². The zero-order valence-corrected chi connectivity index (χ0v) is 17.0. The van der Waals surface area contributed by atoms with E-state index in [1.165, 1.54) is 7.11 Å². The largest absolute Gasteiger partial charge is 0.497 e. The minimum Gasteiger partial charge on any atom is -0.497 e. The number of methoxy groups -OCH3 is 2. The van der Waals surface area contributed by atoms with Crippen molar-refractivity contribution in [1.29, 1.82) is 0 Å². The Bertz CT molecular complexity index is 778. The molecule has 1 N–H and O–H groups in total. The molecule has 28 heavy (non-hydrogen) atoms. The molecule has 0 aliphatic carbocycles. The minimum atomic E-state index is -0.326. The fourth-order valence-electron chi connectivity index (χ4n) is 2.62. The molecular weight excluding hydrogens is 362 g/mol. The molecule has 0 aliphatic heterocycles. The first kappa shape index (κ1) is 21.2. The maximum absolute atomic E-state index is 12.9. The third-order valence-corrected chi connectivity index (χ3v) is 3.83. The van der Waals surface area contributed by atoms with E-state index < -0.39 is 0 Å². The maximum Gasteiger partial charge on any atom is 0.256 e. The van der Waals surface area contributed by atoms with Gasteiger partial charge in [0.15, 0.2) is 11.5 Å². The van der Waals surface area contributed by atoms with Crippen LogP contribution in [0.15, 0.2) is 30.3 Å². The summed E-state index contributed by atoms with van der Waals surface area (Å²) in [5, 5.41) is 2.85. The molecule has 0 fully saturated rings. The van der Waals surface area contributed by atoms with E-state index in [9.17, 15) is 4.79 Å². The van der Waals surface area contributed by atoms with Crippen LogP contribution in [0, 0.1) is 0 Å². The quantitative estimate of drug-likeness (QED) is 0.658. The molecule has 0 radical (unpaired) electrons. The summed E-state index contributed by atoms with van der Waals surface area (Å²) in [5.41, 5.74) is 0.909. The number of carbonyl (C=O) groups excluding carboxylic acids is 1. The number of ether oxygens (including phenoxy) is 5. The van der Waals surface area contributed by atoms with Crippen LogP contribution in [-0.4, -0.2) is 39.9 Å². The molecule has 0 heterocycles. The number of anilines is 1. The first-order chi connectivity index (χ1) is 13.6. The van der Waals surface area contributed by atoms with Crippen molar-refractivity contribution in [2.45, 2.75) is 20.8 Å². The zero-order valence-electron chi connectivity index (χ0n) is 17.0. The highest BCUT2D eigenvalue weighted by molar-refractivity contribution is 6.05. The van der Waals surface area contributed by atoms with Gasteiger partial charge in [0.05, 0.1) is 39.7 Å². The van der Waals surface area contributed by atoms with Crippen LogP contribution in [0.25, 0.3) is 0 Å². The summed E-state index contributed by atoms with van der Waals surface area (Å²) in [6, 6.07) is 8.44. The molecule has 1 amide bonds. The van der Waals surface area contributed by atoms with Gasteiger partial charge in [-0.25, -0.2) is 0 Å². The van der Waals surface area contributed by atoms with Crippen LogP contribution in [0.1, 0.15) is 31.1 Å².